The van der Waals surface area contributed by atoms with E-state index in [-0.39, 0.29) is 12.1 Å². The molecule has 0 aliphatic carbocycles. The Kier molecular flexibility index (Phi) is 4.79. The highest BCUT2D eigenvalue weighted by atomic mass is 16.5. The quantitative estimate of drug-likeness (QED) is 0.821. The standard InChI is InChI=1S/C12H18N2O2/c1-9(2)13-12(15)14-11-6-4-5-10(7-11)8-16-3/h4-7,9H,8H2,1-3H3,(H2,13,14,15). The summed E-state index contributed by atoms with van der Waals surface area (Å²) >= 11 is 0. The van der Waals surface area contributed by atoms with Crippen molar-refractivity contribution in [2.45, 2.75) is 26.5 Å². The third-order valence-electron chi connectivity index (χ3n) is 1.92. The molecular formula is C12H18N2O2. The van der Waals surface area contributed by atoms with Crippen molar-refractivity contribution in [2.24, 2.45) is 0 Å². The second kappa shape index (κ2) is 6.12. The average Bonchev–Trinajstić information content (AvgIpc) is 2.17. The van der Waals surface area contributed by atoms with Gasteiger partial charge in [-0.05, 0) is 31.5 Å². The number of ether oxygens (including phenoxy) is 1. The molecule has 0 fully saturated rings. The first-order chi connectivity index (χ1) is 7.61. The summed E-state index contributed by atoms with van der Waals surface area (Å²) in [5, 5.41) is 5.53. The number of anilines is 1. The van der Waals surface area contributed by atoms with Gasteiger partial charge in [-0.15, -0.1) is 0 Å². The predicted molar refractivity (Wildman–Crippen MR) is 64.4 cm³/mol. The highest BCUT2D eigenvalue weighted by Gasteiger charge is 2.03. The predicted octanol–water partition coefficient (Wildman–Crippen LogP) is 2.36. The van der Waals surface area contributed by atoms with Crippen molar-refractivity contribution >= 4 is 11.7 Å². The molecule has 0 spiro atoms. The normalized spacial score (nSPS) is 10.2. The van der Waals surface area contributed by atoms with E-state index in [4.69, 9.17) is 4.74 Å². The minimum atomic E-state index is -0.190. The van der Waals surface area contributed by atoms with Crippen molar-refractivity contribution in [3.05, 3.63) is 29.8 Å². The number of nitrogens with one attached hydrogen (secondary N) is 2. The summed E-state index contributed by atoms with van der Waals surface area (Å²) in [4.78, 5) is 11.4. The first kappa shape index (κ1) is 12.5. The number of methoxy groups -OCH3 is 1. The van der Waals surface area contributed by atoms with Gasteiger partial charge in [-0.1, -0.05) is 12.1 Å². The fourth-order valence-electron chi connectivity index (χ4n) is 1.33. The van der Waals surface area contributed by atoms with E-state index in [1.165, 1.54) is 0 Å². The van der Waals surface area contributed by atoms with Gasteiger partial charge in [0.25, 0.3) is 0 Å². The zero-order valence-electron chi connectivity index (χ0n) is 9.91. The molecule has 2 amide bonds. The Bertz CT molecular complexity index is 351. The van der Waals surface area contributed by atoms with Crippen LogP contribution in [0.2, 0.25) is 0 Å². The molecule has 0 saturated carbocycles. The Morgan fingerprint density at radius 1 is 1.44 bits per heavy atom. The van der Waals surface area contributed by atoms with Crippen molar-refractivity contribution in [1.82, 2.24) is 5.32 Å². The van der Waals surface area contributed by atoms with E-state index in [0.717, 1.165) is 11.3 Å². The summed E-state index contributed by atoms with van der Waals surface area (Å²) < 4.78 is 5.02. The van der Waals surface area contributed by atoms with Gasteiger partial charge in [0, 0.05) is 18.8 Å². The molecule has 0 aromatic heterocycles. The number of rotatable bonds is 4. The van der Waals surface area contributed by atoms with Crippen molar-refractivity contribution in [3.8, 4) is 0 Å². The van der Waals surface area contributed by atoms with Gasteiger partial charge in [0.1, 0.15) is 0 Å². The largest absolute Gasteiger partial charge is 0.380 e. The van der Waals surface area contributed by atoms with Gasteiger partial charge in [0.2, 0.25) is 0 Å². The van der Waals surface area contributed by atoms with Crippen LogP contribution in [-0.4, -0.2) is 19.2 Å². The Balaban J connectivity index is 2.59. The number of hydrogen-bond acceptors (Lipinski definition) is 2. The van der Waals surface area contributed by atoms with E-state index in [0.29, 0.717) is 6.61 Å². The molecule has 0 aliphatic rings. The van der Waals surface area contributed by atoms with Gasteiger partial charge in [0.15, 0.2) is 0 Å². The van der Waals surface area contributed by atoms with E-state index in [1.807, 2.05) is 38.1 Å². The molecule has 4 nitrogen and oxygen atoms in total. The fraction of sp³-hybridized carbons (Fsp3) is 0.417. The lowest BCUT2D eigenvalue weighted by Gasteiger charge is -2.10. The van der Waals surface area contributed by atoms with Crippen LogP contribution in [0.25, 0.3) is 0 Å². The van der Waals surface area contributed by atoms with Gasteiger partial charge in [-0.25, -0.2) is 4.79 Å². The molecule has 0 atom stereocenters. The van der Waals surface area contributed by atoms with Crippen LogP contribution in [0.1, 0.15) is 19.4 Å². The van der Waals surface area contributed by atoms with Gasteiger partial charge < -0.3 is 15.4 Å². The number of benzene rings is 1. The van der Waals surface area contributed by atoms with Gasteiger partial charge in [0.05, 0.1) is 6.61 Å². The molecular weight excluding hydrogens is 204 g/mol. The smallest absolute Gasteiger partial charge is 0.319 e. The van der Waals surface area contributed by atoms with Crippen LogP contribution in [0, 0.1) is 0 Å². The highest BCUT2D eigenvalue weighted by molar-refractivity contribution is 5.89. The Morgan fingerprint density at radius 3 is 2.81 bits per heavy atom. The number of hydrogen-bond donors (Lipinski definition) is 2. The lowest BCUT2D eigenvalue weighted by Crippen LogP contribution is -2.34. The second-order valence-electron chi connectivity index (χ2n) is 3.89. The van der Waals surface area contributed by atoms with E-state index < -0.39 is 0 Å². The minimum Gasteiger partial charge on any atom is -0.380 e. The summed E-state index contributed by atoms with van der Waals surface area (Å²) in [5.74, 6) is 0. The number of urea groups is 1. The van der Waals surface area contributed by atoms with E-state index in [1.54, 1.807) is 7.11 Å². The fourth-order valence-corrected chi connectivity index (χ4v) is 1.33. The number of carbonyl (C=O) groups excluding carboxylic acids is 1. The van der Waals surface area contributed by atoms with E-state index >= 15 is 0 Å². The van der Waals surface area contributed by atoms with Crippen LogP contribution in [0.3, 0.4) is 0 Å². The van der Waals surface area contributed by atoms with E-state index in [9.17, 15) is 4.79 Å². The molecule has 0 saturated heterocycles. The molecule has 0 unspecified atom stereocenters. The monoisotopic (exact) mass is 222 g/mol. The summed E-state index contributed by atoms with van der Waals surface area (Å²) in [6, 6.07) is 7.52. The van der Waals surface area contributed by atoms with Crippen molar-refractivity contribution in [3.63, 3.8) is 0 Å². The van der Waals surface area contributed by atoms with Crippen LogP contribution in [0.5, 0.6) is 0 Å². The first-order valence-corrected chi connectivity index (χ1v) is 5.27. The topological polar surface area (TPSA) is 50.4 Å². The molecule has 0 radical (unpaired) electrons. The Labute approximate surface area is 96.0 Å². The SMILES string of the molecule is COCc1cccc(NC(=O)NC(C)C)c1. The lowest BCUT2D eigenvalue weighted by atomic mass is 10.2. The summed E-state index contributed by atoms with van der Waals surface area (Å²) in [6.45, 7) is 4.38. The molecule has 16 heavy (non-hydrogen) atoms. The van der Waals surface area contributed by atoms with Crippen LogP contribution in [-0.2, 0) is 11.3 Å². The summed E-state index contributed by atoms with van der Waals surface area (Å²) in [5.41, 5.74) is 1.80. The summed E-state index contributed by atoms with van der Waals surface area (Å²) in [7, 11) is 1.64. The maximum absolute atomic E-state index is 11.4. The molecule has 88 valence electrons. The number of carbonyl (C=O) groups is 1. The van der Waals surface area contributed by atoms with Gasteiger partial charge in [-0.2, -0.15) is 0 Å². The molecule has 1 aromatic rings. The molecule has 2 N–H and O–H groups in total. The molecule has 0 aliphatic heterocycles. The molecule has 1 aromatic carbocycles. The third-order valence-corrected chi connectivity index (χ3v) is 1.92. The van der Waals surface area contributed by atoms with Gasteiger partial charge in [-0.3, -0.25) is 0 Å². The highest BCUT2D eigenvalue weighted by Crippen LogP contribution is 2.11. The van der Waals surface area contributed by atoms with Crippen molar-refractivity contribution in [2.75, 3.05) is 12.4 Å². The zero-order valence-corrected chi connectivity index (χ0v) is 9.91. The van der Waals surface area contributed by atoms with Crippen molar-refractivity contribution in [1.29, 1.82) is 0 Å². The third kappa shape index (κ3) is 4.31. The van der Waals surface area contributed by atoms with Gasteiger partial charge >= 0.3 is 6.03 Å². The van der Waals surface area contributed by atoms with Crippen molar-refractivity contribution < 1.29 is 9.53 Å². The molecule has 1 rings (SSSR count). The molecule has 0 heterocycles. The molecule has 0 bridgehead atoms. The maximum atomic E-state index is 11.4. The average molecular weight is 222 g/mol. The van der Waals surface area contributed by atoms with Crippen LogP contribution in [0.4, 0.5) is 10.5 Å². The zero-order chi connectivity index (χ0) is 12.0. The number of amides is 2. The second-order valence-corrected chi connectivity index (χ2v) is 3.89. The lowest BCUT2D eigenvalue weighted by molar-refractivity contribution is 0.185. The van der Waals surface area contributed by atoms with Crippen LogP contribution >= 0.6 is 0 Å². The Morgan fingerprint density at radius 2 is 2.19 bits per heavy atom. The molecule has 4 heteroatoms. The minimum absolute atomic E-state index is 0.127. The first-order valence-electron chi connectivity index (χ1n) is 5.27. The summed E-state index contributed by atoms with van der Waals surface area (Å²) in [6.07, 6.45) is 0. The van der Waals surface area contributed by atoms with Crippen LogP contribution in [0.15, 0.2) is 24.3 Å². The Hall–Kier alpha value is -1.55. The van der Waals surface area contributed by atoms with E-state index in [2.05, 4.69) is 10.6 Å². The maximum Gasteiger partial charge on any atom is 0.319 e. The van der Waals surface area contributed by atoms with Crippen LogP contribution < -0.4 is 10.6 Å².